The monoisotopic (exact) mass is 352 g/mol. The number of ether oxygens (including phenoxy) is 2. The van der Waals surface area contributed by atoms with Gasteiger partial charge in [-0.1, -0.05) is 6.07 Å². The van der Waals surface area contributed by atoms with Crippen LogP contribution in [0.3, 0.4) is 0 Å². The summed E-state index contributed by atoms with van der Waals surface area (Å²) in [5.74, 6) is 0.280. The molecule has 0 unspecified atom stereocenters. The lowest BCUT2D eigenvalue weighted by molar-refractivity contribution is 0.314. The van der Waals surface area contributed by atoms with Gasteiger partial charge in [0.1, 0.15) is 16.5 Å². The van der Waals surface area contributed by atoms with Gasteiger partial charge in [-0.2, -0.15) is 0 Å². The quantitative estimate of drug-likeness (QED) is 0.914. The molecule has 0 bridgehead atoms. The number of nitrogens with one attached hydrogen (secondary N) is 1. The molecular formula is C16H17FN2O4S. The molecule has 0 amide bonds. The molecule has 0 aliphatic carbocycles. The first-order chi connectivity index (χ1) is 11.5. The number of hydrogen-bond donors (Lipinski definition) is 1. The number of aromatic nitrogens is 1. The van der Waals surface area contributed by atoms with Crippen LogP contribution in [0, 0.1) is 5.82 Å². The van der Waals surface area contributed by atoms with Crippen LogP contribution in [0.4, 0.5) is 4.39 Å². The van der Waals surface area contributed by atoms with Gasteiger partial charge in [-0.25, -0.2) is 22.5 Å². The molecule has 2 heterocycles. The lowest BCUT2D eigenvalue weighted by Crippen LogP contribution is -2.28. The Hall–Kier alpha value is -2.19. The number of pyridine rings is 1. The van der Waals surface area contributed by atoms with E-state index in [9.17, 15) is 12.8 Å². The fourth-order valence-corrected chi connectivity index (χ4v) is 3.76. The molecule has 24 heavy (non-hydrogen) atoms. The number of sulfonamides is 1. The smallest absolute Gasteiger partial charge is 0.242 e. The van der Waals surface area contributed by atoms with E-state index in [0.717, 1.165) is 0 Å². The zero-order chi connectivity index (χ0) is 17.2. The predicted octanol–water partition coefficient (Wildman–Crippen LogP) is 2.42. The zero-order valence-corrected chi connectivity index (χ0v) is 13.8. The van der Waals surface area contributed by atoms with Crippen molar-refractivity contribution in [3.05, 3.63) is 47.9 Å². The van der Waals surface area contributed by atoms with Gasteiger partial charge in [-0.05, 0) is 25.0 Å². The summed E-state index contributed by atoms with van der Waals surface area (Å²) in [5.41, 5.74) is 0.624. The molecule has 0 saturated heterocycles. The SMILES string of the molecule is COc1ccc(S(=O)(=O)N[C@H]2CCCOc3cc(F)ccc32)cn1. The summed E-state index contributed by atoms with van der Waals surface area (Å²) in [6, 6.07) is 6.53. The fraction of sp³-hybridized carbons (Fsp3) is 0.312. The Balaban J connectivity index is 1.89. The maximum absolute atomic E-state index is 13.4. The number of nitrogens with zero attached hydrogens (tertiary/aromatic N) is 1. The standard InChI is InChI=1S/C16H17FN2O4S/c1-22-16-7-5-12(10-18-16)24(20,21)19-14-3-2-8-23-15-9-11(17)4-6-13(14)15/h4-7,9-10,14,19H,2-3,8H2,1H3/t14-/m0/s1. The second kappa shape index (κ2) is 6.74. The first-order valence-corrected chi connectivity index (χ1v) is 8.92. The van der Waals surface area contributed by atoms with Crippen LogP contribution in [0.5, 0.6) is 11.6 Å². The number of methoxy groups -OCH3 is 1. The van der Waals surface area contributed by atoms with Gasteiger partial charge in [0.15, 0.2) is 0 Å². The van der Waals surface area contributed by atoms with E-state index in [1.807, 2.05) is 0 Å². The van der Waals surface area contributed by atoms with Gasteiger partial charge in [-0.15, -0.1) is 0 Å². The molecule has 2 aromatic rings. The zero-order valence-electron chi connectivity index (χ0n) is 13.0. The van der Waals surface area contributed by atoms with E-state index in [0.29, 0.717) is 36.6 Å². The predicted molar refractivity (Wildman–Crippen MR) is 85.0 cm³/mol. The number of halogens is 1. The highest BCUT2D eigenvalue weighted by atomic mass is 32.2. The van der Waals surface area contributed by atoms with Crippen molar-refractivity contribution in [1.82, 2.24) is 9.71 Å². The molecule has 6 nitrogen and oxygen atoms in total. The normalized spacial score (nSPS) is 17.5. The van der Waals surface area contributed by atoms with Crippen LogP contribution < -0.4 is 14.2 Å². The van der Waals surface area contributed by atoms with Crippen molar-refractivity contribution in [3.63, 3.8) is 0 Å². The number of hydrogen-bond acceptors (Lipinski definition) is 5. The van der Waals surface area contributed by atoms with E-state index >= 15 is 0 Å². The third-order valence-corrected chi connectivity index (χ3v) is 5.23. The molecule has 128 valence electrons. The summed E-state index contributed by atoms with van der Waals surface area (Å²) in [6.07, 6.45) is 2.45. The van der Waals surface area contributed by atoms with Crippen molar-refractivity contribution < 1.29 is 22.3 Å². The van der Waals surface area contributed by atoms with Crippen LogP contribution >= 0.6 is 0 Å². The van der Waals surface area contributed by atoms with Gasteiger partial charge in [0.2, 0.25) is 15.9 Å². The maximum atomic E-state index is 13.4. The van der Waals surface area contributed by atoms with Crippen LogP contribution in [0.25, 0.3) is 0 Å². The minimum atomic E-state index is -3.77. The average Bonchev–Trinajstić information content (AvgIpc) is 2.76. The van der Waals surface area contributed by atoms with E-state index < -0.39 is 21.9 Å². The summed E-state index contributed by atoms with van der Waals surface area (Å²) in [5, 5.41) is 0. The molecule has 0 fully saturated rings. The molecule has 0 radical (unpaired) electrons. The van der Waals surface area contributed by atoms with Gasteiger partial charge in [0.25, 0.3) is 0 Å². The Morgan fingerprint density at radius 3 is 2.88 bits per heavy atom. The Kier molecular flexibility index (Phi) is 4.68. The molecule has 0 saturated carbocycles. The molecule has 1 N–H and O–H groups in total. The van der Waals surface area contributed by atoms with Crippen LogP contribution in [0.1, 0.15) is 24.4 Å². The second-order valence-corrected chi connectivity index (χ2v) is 7.10. The molecular weight excluding hydrogens is 335 g/mol. The molecule has 3 rings (SSSR count). The third kappa shape index (κ3) is 3.49. The van der Waals surface area contributed by atoms with E-state index in [1.165, 1.54) is 37.6 Å². The topological polar surface area (TPSA) is 77.5 Å². The highest BCUT2D eigenvalue weighted by molar-refractivity contribution is 7.89. The van der Waals surface area contributed by atoms with Gasteiger partial charge >= 0.3 is 0 Å². The van der Waals surface area contributed by atoms with Gasteiger partial charge < -0.3 is 9.47 Å². The van der Waals surface area contributed by atoms with E-state index in [4.69, 9.17) is 9.47 Å². The summed E-state index contributed by atoms with van der Waals surface area (Å²) in [7, 11) is -2.32. The molecule has 1 aromatic heterocycles. The highest BCUT2D eigenvalue weighted by Gasteiger charge is 2.26. The van der Waals surface area contributed by atoms with Crippen LogP contribution in [0.15, 0.2) is 41.4 Å². The lowest BCUT2D eigenvalue weighted by atomic mass is 10.0. The average molecular weight is 352 g/mol. The van der Waals surface area contributed by atoms with Crippen LogP contribution in [-0.2, 0) is 10.0 Å². The molecule has 1 aliphatic heterocycles. The first-order valence-electron chi connectivity index (χ1n) is 7.44. The molecule has 8 heteroatoms. The van der Waals surface area contributed by atoms with E-state index in [2.05, 4.69) is 9.71 Å². The van der Waals surface area contributed by atoms with Crippen LogP contribution in [-0.4, -0.2) is 27.1 Å². The largest absolute Gasteiger partial charge is 0.493 e. The number of benzene rings is 1. The Bertz CT molecular complexity index is 824. The van der Waals surface area contributed by atoms with Crippen molar-refractivity contribution >= 4 is 10.0 Å². The Morgan fingerprint density at radius 1 is 1.33 bits per heavy atom. The number of fused-ring (bicyclic) bond motifs is 1. The Morgan fingerprint density at radius 2 is 2.17 bits per heavy atom. The Labute approximate surface area is 139 Å². The van der Waals surface area contributed by atoms with Gasteiger partial charge in [-0.3, -0.25) is 0 Å². The summed E-state index contributed by atoms with van der Waals surface area (Å²) >= 11 is 0. The lowest BCUT2D eigenvalue weighted by Gasteiger charge is -2.18. The van der Waals surface area contributed by atoms with Gasteiger partial charge in [0.05, 0.1) is 26.0 Å². The molecule has 1 aromatic carbocycles. The van der Waals surface area contributed by atoms with E-state index in [1.54, 1.807) is 6.07 Å². The summed E-state index contributed by atoms with van der Waals surface area (Å²) in [4.78, 5) is 3.95. The second-order valence-electron chi connectivity index (χ2n) is 5.38. The van der Waals surface area contributed by atoms with Crippen molar-refractivity contribution in [3.8, 4) is 11.6 Å². The summed E-state index contributed by atoms with van der Waals surface area (Å²) in [6.45, 7) is 0.415. The minimum Gasteiger partial charge on any atom is -0.493 e. The first kappa shape index (κ1) is 16.7. The van der Waals surface area contributed by atoms with Gasteiger partial charge in [0, 0.05) is 17.7 Å². The number of rotatable bonds is 4. The van der Waals surface area contributed by atoms with Crippen molar-refractivity contribution in [1.29, 1.82) is 0 Å². The molecule has 1 aliphatic rings. The molecule has 0 spiro atoms. The molecule has 1 atom stereocenters. The van der Waals surface area contributed by atoms with Crippen molar-refractivity contribution in [2.24, 2.45) is 0 Å². The van der Waals surface area contributed by atoms with Crippen molar-refractivity contribution in [2.45, 2.75) is 23.8 Å². The van der Waals surface area contributed by atoms with Crippen LogP contribution in [0.2, 0.25) is 0 Å². The fourth-order valence-electron chi connectivity index (χ4n) is 2.57. The third-order valence-electron chi connectivity index (χ3n) is 3.77. The minimum absolute atomic E-state index is 0.0390. The maximum Gasteiger partial charge on any atom is 0.242 e. The highest BCUT2D eigenvalue weighted by Crippen LogP contribution is 2.33. The summed E-state index contributed by atoms with van der Waals surface area (Å²) < 4.78 is 51.6. The van der Waals surface area contributed by atoms with Crippen molar-refractivity contribution in [2.75, 3.05) is 13.7 Å². The van der Waals surface area contributed by atoms with E-state index in [-0.39, 0.29) is 4.90 Å².